The molecule has 430 valence electrons. The molecule has 0 aliphatic carbocycles. The van der Waals surface area contributed by atoms with Gasteiger partial charge in [0.15, 0.2) is 11.4 Å². The van der Waals surface area contributed by atoms with Gasteiger partial charge >= 0.3 is 24.2 Å². The van der Waals surface area contributed by atoms with Crippen molar-refractivity contribution in [1.82, 2.24) is 29.3 Å². The number of esters is 1. The number of halogens is 8. The van der Waals surface area contributed by atoms with Crippen LogP contribution in [0.2, 0.25) is 5.02 Å². The standard InChI is InChI=1S/C56H46ClF7N10O8S/c1-4-55(79)33-15-39-43-27(20-74(39)50(76)32(33)22-80-51(55)77)12-26-13-38(36(60)16-37(26)67-43)68-53(78)82-46(56(62,63)64)25(3)49(75)71-10-11-73(24(2)19-71)48-30-14-34(57)41(29-6-7-35(59)45-40(29)31(18-65)47(66)83-45)42(61)44(30)69-52(70-48)81-23-54-8-5-9-72(54)21-28(58)17-54/h6-7,12-16,24,28,46,79H,3-5,8-11,17,19-23,66H2,1-2H3,(H,68,78)/t24-,28+,46+,54-,55-/m0/s1. The van der Waals surface area contributed by atoms with Crippen LogP contribution in [0.1, 0.15) is 61.8 Å². The summed E-state index contributed by atoms with van der Waals surface area (Å²) in [6.45, 7) is 6.21. The number of nitrogens with zero attached hydrogens (tertiary/aromatic N) is 8. The second kappa shape index (κ2) is 20.1. The van der Waals surface area contributed by atoms with Crippen molar-refractivity contribution in [2.45, 2.75) is 88.3 Å². The number of hydrogen-bond acceptors (Lipinski definition) is 16. The minimum Gasteiger partial charge on any atom is -0.461 e. The number of benzene rings is 3. The van der Waals surface area contributed by atoms with Crippen molar-refractivity contribution in [3.05, 3.63) is 110 Å². The lowest BCUT2D eigenvalue weighted by Gasteiger charge is -2.41. The molecule has 4 aromatic heterocycles. The van der Waals surface area contributed by atoms with Crippen LogP contribution in [-0.4, -0.2) is 122 Å². The maximum Gasteiger partial charge on any atom is 0.430 e. The fourth-order valence-corrected chi connectivity index (χ4v) is 13.5. The highest BCUT2D eigenvalue weighted by molar-refractivity contribution is 7.23. The molecule has 3 saturated heterocycles. The summed E-state index contributed by atoms with van der Waals surface area (Å²) in [4.78, 5) is 71.9. The molecular formula is C56H46ClF7N10O8S. The van der Waals surface area contributed by atoms with E-state index in [1.807, 2.05) is 16.3 Å². The smallest absolute Gasteiger partial charge is 0.430 e. The number of aliphatic hydroxyl groups is 1. The minimum atomic E-state index is -5.41. The molecule has 3 fully saturated rings. The zero-order chi connectivity index (χ0) is 58.9. The van der Waals surface area contributed by atoms with Gasteiger partial charge < -0.3 is 39.4 Å². The number of nitriles is 1. The lowest BCUT2D eigenvalue weighted by atomic mass is 9.86. The zero-order valence-electron chi connectivity index (χ0n) is 43.9. The molecule has 4 N–H and O–H groups in total. The average molecular weight is 1190 g/mol. The molecule has 5 aliphatic rings. The van der Waals surface area contributed by atoms with Crippen LogP contribution in [0.15, 0.2) is 59.4 Å². The molecule has 0 saturated carbocycles. The van der Waals surface area contributed by atoms with E-state index in [4.69, 9.17) is 36.5 Å². The fraction of sp³-hybridized carbons (Fsp3) is 0.357. The van der Waals surface area contributed by atoms with Crippen molar-refractivity contribution in [2.24, 2.45) is 0 Å². The predicted molar refractivity (Wildman–Crippen MR) is 290 cm³/mol. The highest BCUT2D eigenvalue weighted by atomic mass is 35.5. The Labute approximate surface area is 474 Å². The number of pyridine rings is 2. The van der Waals surface area contributed by atoms with Gasteiger partial charge in [-0.1, -0.05) is 31.2 Å². The first kappa shape index (κ1) is 55.4. The van der Waals surface area contributed by atoms with Gasteiger partial charge in [0.2, 0.25) is 6.10 Å². The van der Waals surface area contributed by atoms with E-state index in [2.05, 4.69) is 16.5 Å². The summed E-state index contributed by atoms with van der Waals surface area (Å²) in [5, 5.41) is 23.2. The number of carbonyl (C=O) groups excluding carboxylic acids is 3. The average Bonchev–Trinajstić information content (AvgIpc) is 2.01. The largest absolute Gasteiger partial charge is 0.461 e. The van der Waals surface area contributed by atoms with Gasteiger partial charge in [-0.25, -0.2) is 32.1 Å². The highest BCUT2D eigenvalue weighted by Crippen LogP contribution is 2.47. The first-order chi connectivity index (χ1) is 39.4. The molecular weight excluding hydrogens is 1140 g/mol. The van der Waals surface area contributed by atoms with E-state index in [1.165, 1.54) is 28.8 Å². The van der Waals surface area contributed by atoms with Crippen molar-refractivity contribution in [3.63, 3.8) is 0 Å². The van der Waals surface area contributed by atoms with Crippen LogP contribution in [0, 0.1) is 28.8 Å². The second-order valence-corrected chi connectivity index (χ2v) is 22.7. The van der Waals surface area contributed by atoms with E-state index in [0.29, 0.717) is 18.5 Å². The Kier molecular flexibility index (Phi) is 13.4. The molecule has 0 spiro atoms. The monoisotopic (exact) mass is 1190 g/mol. The molecule has 12 rings (SSSR count). The van der Waals surface area contributed by atoms with Crippen molar-refractivity contribution < 1.29 is 64.4 Å². The van der Waals surface area contributed by atoms with E-state index < -0.39 is 87.9 Å². The van der Waals surface area contributed by atoms with Gasteiger partial charge in [0.05, 0.1) is 61.1 Å². The number of aromatic nitrogens is 4. The van der Waals surface area contributed by atoms with Crippen molar-refractivity contribution in [3.8, 4) is 34.6 Å². The number of amides is 2. The molecule has 5 aliphatic heterocycles. The number of nitrogen functional groups attached to an aromatic ring is 1. The number of rotatable bonds is 10. The summed E-state index contributed by atoms with van der Waals surface area (Å²) >= 11 is 7.71. The van der Waals surface area contributed by atoms with Crippen LogP contribution in [0.4, 0.5) is 52.0 Å². The Morgan fingerprint density at radius 2 is 1.87 bits per heavy atom. The van der Waals surface area contributed by atoms with Crippen LogP contribution in [0.3, 0.4) is 0 Å². The molecule has 18 nitrogen and oxygen atoms in total. The van der Waals surface area contributed by atoms with E-state index in [9.17, 15) is 47.1 Å². The number of ether oxygens (including phenoxy) is 3. The fourth-order valence-electron chi connectivity index (χ4n) is 12.3. The Morgan fingerprint density at radius 3 is 2.60 bits per heavy atom. The summed E-state index contributed by atoms with van der Waals surface area (Å²) in [6, 6.07) is 9.53. The summed E-state index contributed by atoms with van der Waals surface area (Å²) in [5.74, 6) is -4.99. The predicted octanol–water partition coefficient (Wildman–Crippen LogP) is 9.16. The number of alkyl halides is 4. The van der Waals surface area contributed by atoms with Gasteiger partial charge in [-0.2, -0.15) is 28.4 Å². The molecule has 9 heterocycles. The summed E-state index contributed by atoms with van der Waals surface area (Å²) in [6.07, 6.45) is -10.1. The van der Waals surface area contributed by atoms with Crippen molar-refractivity contribution in [2.75, 3.05) is 55.3 Å². The minimum absolute atomic E-state index is 0.00607. The van der Waals surface area contributed by atoms with Gasteiger partial charge in [-0.05, 0) is 68.6 Å². The number of anilines is 3. The van der Waals surface area contributed by atoms with Crippen molar-refractivity contribution >= 4 is 89.3 Å². The molecule has 0 radical (unpaired) electrons. The third-order valence-electron chi connectivity index (χ3n) is 16.4. The van der Waals surface area contributed by atoms with Gasteiger partial charge in [0.1, 0.15) is 53.4 Å². The first-order valence-electron chi connectivity index (χ1n) is 26.2. The number of fused-ring (bicyclic) bond motifs is 8. The van der Waals surface area contributed by atoms with E-state index in [-0.39, 0.29) is 152 Å². The lowest BCUT2D eigenvalue weighted by molar-refractivity contribution is -0.192. The molecule has 0 unspecified atom stereocenters. The Morgan fingerprint density at radius 1 is 1.08 bits per heavy atom. The third-order valence-corrected chi connectivity index (χ3v) is 17.7. The van der Waals surface area contributed by atoms with Gasteiger partial charge in [-0.15, -0.1) is 11.3 Å². The van der Waals surface area contributed by atoms with Crippen LogP contribution < -0.4 is 26.2 Å². The normalized spacial score (nSPS) is 21.6. The van der Waals surface area contributed by atoms with E-state index in [1.54, 1.807) is 18.7 Å². The van der Waals surface area contributed by atoms with Crippen LogP contribution >= 0.6 is 22.9 Å². The molecule has 27 heteroatoms. The lowest BCUT2D eigenvalue weighted by Crippen LogP contribution is -2.55. The molecule has 83 heavy (non-hydrogen) atoms. The van der Waals surface area contributed by atoms with E-state index in [0.717, 1.165) is 40.9 Å². The molecule has 7 aromatic rings. The van der Waals surface area contributed by atoms with Gasteiger partial charge in [0.25, 0.3) is 11.5 Å². The highest BCUT2D eigenvalue weighted by Gasteiger charge is 2.51. The number of thiophene rings is 1. The first-order valence-corrected chi connectivity index (χ1v) is 27.3. The molecule has 2 amide bonds. The Hall–Kier alpha value is -8.12. The van der Waals surface area contributed by atoms with Gasteiger partial charge in [-0.3, -0.25) is 19.8 Å². The summed E-state index contributed by atoms with van der Waals surface area (Å²) < 4.78 is 125. The van der Waals surface area contributed by atoms with Gasteiger partial charge in [0, 0.05) is 77.6 Å². The second-order valence-electron chi connectivity index (χ2n) is 21.3. The number of hydrogen-bond donors (Lipinski definition) is 3. The summed E-state index contributed by atoms with van der Waals surface area (Å²) in [7, 11) is 0. The maximum atomic E-state index is 17.5. The number of cyclic esters (lactones) is 1. The topological polar surface area (TPSA) is 231 Å². The summed E-state index contributed by atoms with van der Waals surface area (Å²) in [5.41, 5.74) is 1.39. The number of nitrogens with one attached hydrogen (secondary N) is 1. The van der Waals surface area contributed by atoms with E-state index >= 15 is 13.2 Å². The van der Waals surface area contributed by atoms with Crippen LogP contribution in [0.25, 0.3) is 54.4 Å². The van der Waals surface area contributed by atoms with Crippen molar-refractivity contribution in [1.29, 1.82) is 5.26 Å². The number of nitrogens with two attached hydrogens (primary N) is 1. The quantitative estimate of drug-likeness (QED) is 0.0658. The molecule has 3 aromatic carbocycles. The van der Waals surface area contributed by atoms with Crippen LogP contribution in [-0.2, 0) is 37.8 Å². The van der Waals surface area contributed by atoms with Crippen LogP contribution in [0.5, 0.6) is 6.01 Å². The number of carbonyl (C=O) groups is 3. The molecule has 5 atom stereocenters. The Balaban J connectivity index is 0.792. The Bertz CT molecular complexity index is 4120. The third kappa shape index (κ3) is 9.01. The number of piperazine rings is 1. The zero-order valence-corrected chi connectivity index (χ0v) is 45.4. The molecule has 0 bridgehead atoms. The SMILES string of the molecule is C=C(C(=O)N1CCN(c2nc(OC[C@@]34CCCN3C[C@H](F)C4)nc3c(F)c(-c4ccc(F)c5sc(N)c(C#N)c45)c(Cl)cc23)[C@@H](C)C1)[C@@H](OC(=O)Nc1cc2cc3c(nc2cc1F)-c1cc2c(c(=O)n1C3)COC(=O)[C@]2(O)CC)C(F)(F)F. The maximum absolute atomic E-state index is 17.5.